The van der Waals surface area contributed by atoms with Crippen LogP contribution in [-0.2, 0) is 12.8 Å². The van der Waals surface area contributed by atoms with Crippen molar-refractivity contribution in [2.45, 2.75) is 39.7 Å². The van der Waals surface area contributed by atoms with Crippen molar-refractivity contribution in [3.8, 4) is 0 Å². The zero-order valence-electron chi connectivity index (χ0n) is 11.3. The molecule has 0 spiro atoms. The molecule has 1 nitrogen and oxygen atoms in total. The lowest BCUT2D eigenvalue weighted by molar-refractivity contribution is 0.562. The minimum atomic E-state index is 0.469. The SMILES string of the molecule is CCNC(Cc1ccc(CC)s1)c1ccc(C)s1. The molecule has 2 rings (SSSR count). The van der Waals surface area contributed by atoms with Gasteiger partial charge in [0.05, 0.1) is 0 Å². The fourth-order valence-electron chi connectivity index (χ4n) is 2.08. The summed E-state index contributed by atoms with van der Waals surface area (Å²) in [6.45, 7) is 7.60. The molecule has 0 saturated carbocycles. The fourth-order valence-corrected chi connectivity index (χ4v) is 4.04. The topological polar surface area (TPSA) is 12.0 Å². The molecule has 2 heterocycles. The van der Waals surface area contributed by atoms with Crippen LogP contribution in [0.5, 0.6) is 0 Å². The van der Waals surface area contributed by atoms with E-state index in [0.717, 1.165) is 19.4 Å². The van der Waals surface area contributed by atoms with Gasteiger partial charge < -0.3 is 5.32 Å². The van der Waals surface area contributed by atoms with E-state index < -0.39 is 0 Å². The van der Waals surface area contributed by atoms with Crippen molar-refractivity contribution in [1.82, 2.24) is 5.32 Å². The van der Waals surface area contributed by atoms with Gasteiger partial charge in [0.15, 0.2) is 0 Å². The van der Waals surface area contributed by atoms with Crippen molar-refractivity contribution < 1.29 is 0 Å². The van der Waals surface area contributed by atoms with Gasteiger partial charge in [-0.3, -0.25) is 0 Å². The molecular weight excluding hydrogens is 258 g/mol. The van der Waals surface area contributed by atoms with E-state index in [-0.39, 0.29) is 0 Å². The van der Waals surface area contributed by atoms with Crippen molar-refractivity contribution in [2.75, 3.05) is 6.54 Å². The summed E-state index contributed by atoms with van der Waals surface area (Å²) in [5.74, 6) is 0. The van der Waals surface area contributed by atoms with Gasteiger partial charge in [-0.1, -0.05) is 13.8 Å². The second kappa shape index (κ2) is 6.50. The molecule has 0 aromatic carbocycles. The molecule has 0 saturated heterocycles. The number of hydrogen-bond acceptors (Lipinski definition) is 3. The molecule has 18 heavy (non-hydrogen) atoms. The van der Waals surface area contributed by atoms with Crippen LogP contribution in [0.15, 0.2) is 24.3 Å². The molecule has 0 aliphatic rings. The molecule has 0 aliphatic heterocycles. The Hall–Kier alpha value is -0.640. The molecule has 0 aliphatic carbocycles. The van der Waals surface area contributed by atoms with Gasteiger partial charge in [0.25, 0.3) is 0 Å². The molecule has 2 aromatic rings. The summed E-state index contributed by atoms with van der Waals surface area (Å²) in [7, 11) is 0. The quantitative estimate of drug-likeness (QED) is 0.816. The second-order valence-corrected chi connectivity index (χ2v) is 7.06. The lowest BCUT2D eigenvalue weighted by Gasteiger charge is -2.15. The van der Waals surface area contributed by atoms with Gasteiger partial charge in [0.1, 0.15) is 0 Å². The van der Waals surface area contributed by atoms with Gasteiger partial charge >= 0.3 is 0 Å². The summed E-state index contributed by atoms with van der Waals surface area (Å²) in [5, 5.41) is 3.61. The Kier molecular flexibility index (Phi) is 4.98. The minimum absolute atomic E-state index is 0.469. The average molecular weight is 279 g/mol. The van der Waals surface area contributed by atoms with Crippen molar-refractivity contribution in [2.24, 2.45) is 0 Å². The molecular formula is C15H21NS2. The second-order valence-electron chi connectivity index (χ2n) is 4.48. The van der Waals surface area contributed by atoms with Gasteiger partial charge in [0.2, 0.25) is 0 Å². The molecule has 0 amide bonds. The van der Waals surface area contributed by atoms with E-state index in [9.17, 15) is 0 Å². The minimum Gasteiger partial charge on any atom is -0.309 e. The lowest BCUT2D eigenvalue weighted by Crippen LogP contribution is -2.21. The summed E-state index contributed by atoms with van der Waals surface area (Å²) in [5.41, 5.74) is 0. The number of rotatable bonds is 6. The Balaban J connectivity index is 2.10. The average Bonchev–Trinajstić information content (AvgIpc) is 2.97. The highest BCUT2D eigenvalue weighted by atomic mass is 32.1. The Labute approximate surface area is 118 Å². The lowest BCUT2D eigenvalue weighted by atomic mass is 10.1. The summed E-state index contributed by atoms with van der Waals surface area (Å²) in [6.07, 6.45) is 2.26. The largest absolute Gasteiger partial charge is 0.309 e. The molecule has 3 heteroatoms. The van der Waals surface area contributed by atoms with Gasteiger partial charge in [-0.2, -0.15) is 0 Å². The van der Waals surface area contributed by atoms with Crippen LogP contribution in [-0.4, -0.2) is 6.54 Å². The maximum absolute atomic E-state index is 3.61. The summed E-state index contributed by atoms with van der Waals surface area (Å²) < 4.78 is 0. The first-order valence-electron chi connectivity index (χ1n) is 6.60. The standard InChI is InChI=1S/C15H21NS2/c1-4-12-7-8-13(18-12)10-14(16-5-2)15-9-6-11(3)17-15/h6-9,14,16H,4-5,10H2,1-3H3. The number of thiophene rings is 2. The third kappa shape index (κ3) is 3.44. The number of likely N-dealkylation sites (N-methyl/N-ethyl adjacent to an activating group) is 1. The van der Waals surface area contributed by atoms with Crippen LogP contribution in [0.4, 0.5) is 0 Å². The predicted molar refractivity (Wildman–Crippen MR) is 82.9 cm³/mol. The van der Waals surface area contributed by atoms with E-state index in [0.29, 0.717) is 6.04 Å². The number of nitrogens with one attached hydrogen (secondary N) is 1. The molecule has 0 bridgehead atoms. The zero-order valence-corrected chi connectivity index (χ0v) is 13.0. The third-order valence-corrected chi connectivity index (χ3v) is 5.39. The fraction of sp³-hybridized carbons (Fsp3) is 0.467. The van der Waals surface area contributed by atoms with Crippen molar-refractivity contribution in [3.63, 3.8) is 0 Å². The van der Waals surface area contributed by atoms with E-state index in [2.05, 4.69) is 50.4 Å². The van der Waals surface area contributed by atoms with Gasteiger partial charge in [-0.15, -0.1) is 22.7 Å². The van der Waals surface area contributed by atoms with E-state index in [1.54, 1.807) is 0 Å². The maximum atomic E-state index is 3.61. The van der Waals surface area contributed by atoms with E-state index in [1.165, 1.54) is 19.5 Å². The van der Waals surface area contributed by atoms with E-state index >= 15 is 0 Å². The van der Waals surface area contributed by atoms with Crippen molar-refractivity contribution in [3.05, 3.63) is 43.8 Å². The first-order chi connectivity index (χ1) is 8.72. The molecule has 2 aromatic heterocycles. The number of aryl methyl sites for hydroxylation is 2. The van der Waals surface area contributed by atoms with Gasteiger partial charge in [-0.05, 0) is 44.2 Å². The molecule has 0 radical (unpaired) electrons. The Morgan fingerprint density at radius 1 is 1.06 bits per heavy atom. The summed E-state index contributed by atoms with van der Waals surface area (Å²) >= 11 is 3.86. The number of hydrogen-bond donors (Lipinski definition) is 1. The maximum Gasteiger partial charge on any atom is 0.0463 e. The molecule has 98 valence electrons. The van der Waals surface area contributed by atoms with Crippen LogP contribution in [0.1, 0.15) is 39.4 Å². The van der Waals surface area contributed by atoms with Gasteiger partial charge in [0, 0.05) is 32.0 Å². The highest BCUT2D eigenvalue weighted by Gasteiger charge is 2.14. The Bertz CT molecular complexity index is 484. The first kappa shape index (κ1) is 13.8. The van der Waals surface area contributed by atoms with Crippen molar-refractivity contribution >= 4 is 22.7 Å². The van der Waals surface area contributed by atoms with Gasteiger partial charge in [-0.25, -0.2) is 0 Å². The highest BCUT2D eigenvalue weighted by Crippen LogP contribution is 2.28. The van der Waals surface area contributed by atoms with E-state index in [1.807, 2.05) is 22.7 Å². The monoisotopic (exact) mass is 279 g/mol. The van der Waals surface area contributed by atoms with Crippen LogP contribution in [0.3, 0.4) is 0 Å². The summed E-state index contributed by atoms with van der Waals surface area (Å²) in [6, 6.07) is 9.51. The van der Waals surface area contributed by atoms with Crippen LogP contribution < -0.4 is 5.32 Å². The normalized spacial score (nSPS) is 12.8. The van der Waals surface area contributed by atoms with Crippen LogP contribution >= 0.6 is 22.7 Å². The first-order valence-corrected chi connectivity index (χ1v) is 8.23. The molecule has 1 N–H and O–H groups in total. The molecule has 1 unspecified atom stereocenters. The molecule has 1 atom stereocenters. The van der Waals surface area contributed by atoms with Crippen molar-refractivity contribution in [1.29, 1.82) is 0 Å². The smallest absolute Gasteiger partial charge is 0.0463 e. The van der Waals surface area contributed by atoms with Crippen LogP contribution in [0.25, 0.3) is 0 Å². The van der Waals surface area contributed by atoms with E-state index in [4.69, 9.17) is 0 Å². The summed E-state index contributed by atoms with van der Waals surface area (Å²) in [4.78, 5) is 5.83. The highest BCUT2D eigenvalue weighted by molar-refractivity contribution is 7.12. The van der Waals surface area contributed by atoms with Crippen LogP contribution in [0, 0.1) is 6.92 Å². The zero-order chi connectivity index (χ0) is 13.0. The Morgan fingerprint density at radius 2 is 1.83 bits per heavy atom. The Morgan fingerprint density at radius 3 is 2.39 bits per heavy atom. The predicted octanol–water partition coefficient (Wildman–Crippen LogP) is 4.57. The third-order valence-electron chi connectivity index (χ3n) is 3.03. The van der Waals surface area contributed by atoms with Crippen LogP contribution in [0.2, 0.25) is 0 Å². The molecule has 0 fully saturated rings.